The molecule has 110 valence electrons. The molecule has 2 aromatic heterocycles. The lowest BCUT2D eigenvalue weighted by Gasteiger charge is -2.24. The molecule has 0 bridgehead atoms. The molecule has 0 amide bonds. The quantitative estimate of drug-likeness (QED) is 0.627. The maximum Gasteiger partial charge on any atom is 0.372 e. The highest BCUT2D eigenvalue weighted by molar-refractivity contribution is 7.15. The van der Waals surface area contributed by atoms with Gasteiger partial charge in [0.2, 0.25) is 5.82 Å². The van der Waals surface area contributed by atoms with Gasteiger partial charge in [-0.15, -0.1) is 0 Å². The average Bonchev–Trinajstić information content (AvgIpc) is 2.93. The van der Waals surface area contributed by atoms with Crippen LogP contribution in [-0.2, 0) is 0 Å². The molecule has 0 fully saturated rings. The molecule has 2 aromatic rings. The van der Waals surface area contributed by atoms with Gasteiger partial charge in [0.25, 0.3) is 4.96 Å². The van der Waals surface area contributed by atoms with E-state index in [1.807, 2.05) is 0 Å². The van der Waals surface area contributed by atoms with E-state index < -0.39 is 4.92 Å². The van der Waals surface area contributed by atoms with Gasteiger partial charge in [-0.1, -0.05) is 18.3 Å². The number of aromatic nitrogens is 2. The van der Waals surface area contributed by atoms with E-state index in [1.54, 1.807) is 11.6 Å². The third-order valence-electron chi connectivity index (χ3n) is 3.24. The van der Waals surface area contributed by atoms with Crippen molar-refractivity contribution in [2.75, 3.05) is 25.0 Å². The van der Waals surface area contributed by atoms with Gasteiger partial charge in [-0.25, -0.2) is 0 Å². The Bertz CT molecular complexity index is 592. The van der Waals surface area contributed by atoms with Crippen LogP contribution in [0.4, 0.5) is 11.6 Å². The molecule has 0 spiro atoms. The van der Waals surface area contributed by atoms with Gasteiger partial charge in [0.1, 0.15) is 6.20 Å². The first kappa shape index (κ1) is 14.7. The van der Waals surface area contributed by atoms with Gasteiger partial charge < -0.3 is 15.4 Å². The van der Waals surface area contributed by atoms with Crippen molar-refractivity contribution in [3.05, 3.63) is 21.7 Å². The molecule has 0 aliphatic heterocycles. The minimum atomic E-state index is -0.394. The van der Waals surface area contributed by atoms with E-state index in [0.717, 1.165) is 13.1 Å². The maximum atomic E-state index is 11.2. The molecule has 1 N–H and O–H groups in total. The van der Waals surface area contributed by atoms with Crippen LogP contribution in [0.25, 0.3) is 4.96 Å². The second kappa shape index (κ2) is 6.19. The summed E-state index contributed by atoms with van der Waals surface area (Å²) in [5, 5.41) is 16.0. The Hall–Kier alpha value is -1.67. The lowest BCUT2D eigenvalue weighted by Crippen LogP contribution is -2.34. The molecule has 0 saturated carbocycles. The summed E-state index contributed by atoms with van der Waals surface area (Å²) in [5.41, 5.74) is 0. The lowest BCUT2D eigenvalue weighted by molar-refractivity contribution is -0.389. The molecule has 2 heterocycles. The Morgan fingerprint density at radius 3 is 2.95 bits per heavy atom. The number of anilines is 1. The summed E-state index contributed by atoms with van der Waals surface area (Å²) in [5.74, 6) is 0.357. The lowest BCUT2D eigenvalue weighted by atomic mass is 10.3. The molecule has 0 atom stereocenters. The van der Waals surface area contributed by atoms with E-state index in [-0.39, 0.29) is 5.82 Å². The number of hydrogen-bond donors (Lipinski definition) is 1. The van der Waals surface area contributed by atoms with Gasteiger partial charge in [0, 0.05) is 24.5 Å². The molecule has 0 aromatic carbocycles. The largest absolute Gasteiger partial charge is 0.372 e. The highest BCUT2D eigenvalue weighted by Crippen LogP contribution is 2.27. The fraction of sp³-hybridized carbons (Fsp3) is 0.583. The molecule has 7 nitrogen and oxygen atoms in total. The number of hydrogen-bond acceptors (Lipinski definition) is 6. The van der Waals surface area contributed by atoms with Crippen molar-refractivity contribution in [1.82, 2.24) is 14.3 Å². The zero-order valence-corrected chi connectivity index (χ0v) is 12.7. The fourth-order valence-corrected chi connectivity index (χ4v) is 2.88. The first-order valence-electron chi connectivity index (χ1n) is 6.62. The summed E-state index contributed by atoms with van der Waals surface area (Å²) in [4.78, 5) is 18.0. The van der Waals surface area contributed by atoms with Crippen molar-refractivity contribution in [2.45, 2.75) is 26.8 Å². The normalized spacial score (nSPS) is 11.7. The Kier molecular flexibility index (Phi) is 4.56. The molecule has 0 aliphatic carbocycles. The number of likely N-dealkylation sites (N-methyl/N-ethyl adjacent to an activating group) is 1. The van der Waals surface area contributed by atoms with Crippen molar-refractivity contribution in [1.29, 1.82) is 0 Å². The Morgan fingerprint density at radius 2 is 2.35 bits per heavy atom. The van der Waals surface area contributed by atoms with Crippen molar-refractivity contribution in [3.63, 3.8) is 0 Å². The van der Waals surface area contributed by atoms with E-state index in [4.69, 9.17) is 0 Å². The minimum absolute atomic E-state index is 0.00819. The first-order chi connectivity index (χ1) is 9.54. The summed E-state index contributed by atoms with van der Waals surface area (Å²) in [6.45, 7) is 8.81. The summed E-state index contributed by atoms with van der Waals surface area (Å²) in [6, 6.07) is 0.460. The Morgan fingerprint density at radius 1 is 1.60 bits per heavy atom. The number of fused-ring (bicyclic) bond motifs is 1. The van der Waals surface area contributed by atoms with Crippen LogP contribution in [0.5, 0.6) is 0 Å². The van der Waals surface area contributed by atoms with Crippen LogP contribution >= 0.6 is 11.3 Å². The number of nitrogens with zero attached hydrogens (tertiary/aromatic N) is 4. The van der Waals surface area contributed by atoms with Crippen molar-refractivity contribution in [2.24, 2.45) is 0 Å². The molecule has 20 heavy (non-hydrogen) atoms. The summed E-state index contributed by atoms with van der Waals surface area (Å²) in [7, 11) is 0. The van der Waals surface area contributed by atoms with E-state index in [1.165, 1.54) is 15.7 Å². The molecular weight excluding hydrogens is 278 g/mol. The molecule has 0 saturated heterocycles. The zero-order valence-electron chi connectivity index (χ0n) is 11.9. The second-order valence-electron chi connectivity index (χ2n) is 4.75. The first-order valence-corrected chi connectivity index (χ1v) is 7.50. The minimum Gasteiger partial charge on any atom is -0.362 e. The molecule has 0 aliphatic rings. The van der Waals surface area contributed by atoms with Crippen LogP contribution in [0.3, 0.4) is 0 Å². The smallest absolute Gasteiger partial charge is 0.362 e. The van der Waals surface area contributed by atoms with Crippen molar-refractivity contribution >= 4 is 27.9 Å². The molecular formula is C12H19N5O2S. The Labute approximate surface area is 121 Å². The predicted octanol–water partition coefficient (Wildman–Crippen LogP) is 2.45. The van der Waals surface area contributed by atoms with Crippen LogP contribution in [0.2, 0.25) is 0 Å². The van der Waals surface area contributed by atoms with Crippen LogP contribution in [0, 0.1) is 10.1 Å². The fourth-order valence-electron chi connectivity index (χ4n) is 2.17. The topological polar surface area (TPSA) is 75.7 Å². The zero-order chi connectivity index (χ0) is 14.7. The van der Waals surface area contributed by atoms with Crippen molar-refractivity contribution < 1.29 is 4.92 Å². The van der Waals surface area contributed by atoms with Crippen LogP contribution in [-0.4, -0.2) is 44.9 Å². The van der Waals surface area contributed by atoms with Crippen LogP contribution in [0.1, 0.15) is 20.8 Å². The standard InChI is InChI=1S/C12H19N5O2S/c1-4-15(9(2)3)6-5-13-10-11(17(18)19)16-7-8-20-12(16)14-10/h7-9,13H,4-6H2,1-3H3. The summed E-state index contributed by atoms with van der Waals surface area (Å²) >= 11 is 1.39. The average molecular weight is 297 g/mol. The predicted molar refractivity (Wildman–Crippen MR) is 80.6 cm³/mol. The molecule has 0 radical (unpaired) electrons. The van der Waals surface area contributed by atoms with Gasteiger partial charge in [-0.05, 0) is 25.3 Å². The van der Waals surface area contributed by atoms with Gasteiger partial charge >= 0.3 is 5.82 Å². The number of thiazole rings is 1. The third kappa shape index (κ3) is 2.91. The number of rotatable bonds is 7. The highest BCUT2D eigenvalue weighted by atomic mass is 32.1. The summed E-state index contributed by atoms with van der Waals surface area (Å²) < 4.78 is 1.51. The SMILES string of the molecule is CCN(CCNc1nc2sccn2c1[N+](=O)[O-])C(C)C. The van der Waals surface area contributed by atoms with Crippen LogP contribution < -0.4 is 5.32 Å². The van der Waals surface area contributed by atoms with Crippen LogP contribution in [0.15, 0.2) is 11.6 Å². The second-order valence-corrected chi connectivity index (χ2v) is 5.62. The Balaban J connectivity index is 2.08. The molecule has 8 heteroatoms. The maximum absolute atomic E-state index is 11.2. The molecule has 0 unspecified atom stereocenters. The number of imidazole rings is 1. The van der Waals surface area contributed by atoms with E-state index >= 15 is 0 Å². The van der Waals surface area contributed by atoms with E-state index in [0.29, 0.717) is 23.4 Å². The third-order valence-corrected chi connectivity index (χ3v) is 3.99. The van der Waals surface area contributed by atoms with Crippen molar-refractivity contribution in [3.8, 4) is 0 Å². The number of nitrogens with one attached hydrogen (secondary N) is 1. The van der Waals surface area contributed by atoms with E-state index in [9.17, 15) is 10.1 Å². The number of nitro groups is 1. The molecule has 2 rings (SSSR count). The summed E-state index contributed by atoms with van der Waals surface area (Å²) in [6.07, 6.45) is 1.67. The van der Waals surface area contributed by atoms with Gasteiger partial charge in [-0.3, -0.25) is 4.90 Å². The van der Waals surface area contributed by atoms with Gasteiger partial charge in [-0.2, -0.15) is 9.38 Å². The van der Waals surface area contributed by atoms with Gasteiger partial charge in [0.15, 0.2) is 0 Å². The van der Waals surface area contributed by atoms with Gasteiger partial charge in [0.05, 0.1) is 0 Å². The van der Waals surface area contributed by atoms with E-state index in [2.05, 4.69) is 36.0 Å². The highest BCUT2D eigenvalue weighted by Gasteiger charge is 2.23. The monoisotopic (exact) mass is 297 g/mol.